The summed E-state index contributed by atoms with van der Waals surface area (Å²) < 4.78 is 12.9. The molecule has 73 heavy (non-hydrogen) atoms. The van der Waals surface area contributed by atoms with Crippen LogP contribution in [0.1, 0.15) is 79.0 Å². The first kappa shape index (κ1) is 47.8. The summed E-state index contributed by atoms with van der Waals surface area (Å²) in [5.41, 5.74) is 17.5. The van der Waals surface area contributed by atoms with Crippen molar-refractivity contribution in [2.24, 2.45) is 0 Å². The molecule has 1 aliphatic rings. The Labute approximate surface area is 441 Å². The van der Waals surface area contributed by atoms with Crippen molar-refractivity contribution < 1.29 is 24.1 Å². The molecule has 2 aromatic heterocycles. The van der Waals surface area contributed by atoms with Crippen molar-refractivity contribution in [3.63, 3.8) is 0 Å². The van der Waals surface area contributed by atoms with Gasteiger partial charge in [-0.3, -0.25) is 0 Å². The number of rotatable bonds is 6. The van der Waals surface area contributed by atoms with E-state index < -0.39 is 0 Å². The first-order valence-electron chi connectivity index (χ1n) is 25.2. The van der Waals surface area contributed by atoms with Crippen LogP contribution in [0.2, 0.25) is 0 Å². The summed E-state index contributed by atoms with van der Waals surface area (Å²) in [4.78, 5) is 9.93. The number of aromatic nitrogens is 3. The number of para-hydroxylation sites is 6. The van der Waals surface area contributed by atoms with Crippen LogP contribution in [0.15, 0.2) is 206 Å². The molecule has 0 fully saturated rings. The number of imidazole rings is 1. The summed E-state index contributed by atoms with van der Waals surface area (Å²) in [6, 6.07) is 72.1. The zero-order chi connectivity index (χ0) is 50.8. The molecule has 0 spiro atoms. The van der Waals surface area contributed by atoms with Gasteiger partial charge in [0.15, 0.2) is 0 Å². The van der Waals surface area contributed by atoms with E-state index in [9.17, 15) is 0 Å². The number of nitrogens with zero attached hydrogens (tertiary/aromatic N) is 5. The molecule has 0 bridgehead atoms. The third-order valence-electron chi connectivity index (χ3n) is 14.0. The van der Waals surface area contributed by atoms with Gasteiger partial charge < -0.3 is 4.90 Å². The number of anilines is 6. The minimum atomic E-state index is -0.115. The Kier molecular flexibility index (Phi) is 12.1. The quantitative estimate of drug-likeness (QED) is 0.166. The fourth-order valence-corrected chi connectivity index (χ4v) is 11.2. The molecular weight excluding hydrogens is 1070 g/mol. The second kappa shape index (κ2) is 18.5. The van der Waals surface area contributed by atoms with Gasteiger partial charge >= 0.3 is 287 Å². The Balaban J connectivity index is 1.10. The van der Waals surface area contributed by atoms with Crippen LogP contribution in [0.5, 0.6) is 11.5 Å². The number of pyridine rings is 1. The first-order chi connectivity index (χ1) is 35.0. The number of hydrogen-bond donors (Lipinski definition) is 0. The van der Waals surface area contributed by atoms with Crippen LogP contribution >= 0.6 is 0 Å². The van der Waals surface area contributed by atoms with E-state index in [-0.39, 0.29) is 16.2 Å². The number of ether oxygens (including phenoxy) is 1. The van der Waals surface area contributed by atoms with Crippen LogP contribution in [-0.4, -0.2) is 14.1 Å². The predicted molar refractivity (Wildman–Crippen MR) is 300 cm³/mol. The molecule has 7 heteroatoms. The molecule has 0 aliphatic carbocycles. The molecule has 0 radical (unpaired) electrons. The molecule has 0 amide bonds. The molecule has 10 aromatic rings. The molecule has 0 atom stereocenters. The Morgan fingerprint density at radius 2 is 0.849 bits per heavy atom. The molecule has 6 nitrogen and oxygen atoms in total. The van der Waals surface area contributed by atoms with Crippen molar-refractivity contribution in [1.82, 2.24) is 14.1 Å². The van der Waals surface area contributed by atoms with Gasteiger partial charge in [0.1, 0.15) is 0 Å². The maximum atomic E-state index is 7.09. The average molecular weight is 1140 g/mol. The van der Waals surface area contributed by atoms with E-state index >= 15 is 0 Å². The van der Waals surface area contributed by atoms with Crippen LogP contribution in [-0.2, 0) is 35.6 Å². The Morgan fingerprint density at radius 3 is 1.42 bits per heavy atom. The third-order valence-corrected chi connectivity index (χ3v) is 15.0. The van der Waals surface area contributed by atoms with Crippen LogP contribution in [0.4, 0.5) is 34.3 Å². The van der Waals surface area contributed by atoms with E-state index in [0.29, 0.717) is 5.75 Å². The second-order valence-corrected chi connectivity index (χ2v) is 23.2. The Bertz CT molecular complexity index is 3740. The molecule has 0 saturated heterocycles. The normalized spacial score (nSPS) is 12.8. The molecule has 11 rings (SSSR count). The minimum absolute atomic E-state index is 0.0233. The average Bonchev–Trinajstić information content (AvgIpc) is 3.68. The molecule has 3 heterocycles. The van der Waals surface area contributed by atoms with Gasteiger partial charge in [0.05, 0.1) is 5.69 Å². The summed E-state index contributed by atoms with van der Waals surface area (Å²) in [5.74, 6) is 2.25. The van der Waals surface area contributed by atoms with Crippen molar-refractivity contribution in [1.29, 1.82) is 0 Å². The molecule has 0 N–H and O–H groups in total. The molecule has 366 valence electrons. The fourth-order valence-electron chi connectivity index (χ4n) is 10.1. The van der Waals surface area contributed by atoms with Crippen molar-refractivity contribution in [2.45, 2.75) is 78.6 Å². The van der Waals surface area contributed by atoms with Crippen LogP contribution < -0.4 is 14.5 Å². The van der Waals surface area contributed by atoms with Gasteiger partial charge in [-0.1, -0.05) is 87.5 Å². The van der Waals surface area contributed by atoms with Crippen LogP contribution in [0.25, 0.3) is 44.7 Å². The van der Waals surface area contributed by atoms with Gasteiger partial charge in [0.25, 0.3) is 0 Å². The number of fused-ring (bicyclic) bond motifs is 7. The van der Waals surface area contributed by atoms with Gasteiger partial charge in [0.2, 0.25) is 0 Å². The summed E-state index contributed by atoms with van der Waals surface area (Å²) >= 11 is 2.51. The Hall–Kier alpha value is -7.53. The monoisotopic (exact) mass is 1130 g/mol. The maximum absolute atomic E-state index is 7.09. The summed E-state index contributed by atoms with van der Waals surface area (Å²) in [6.07, 6.45) is 1.95. The van der Waals surface area contributed by atoms with E-state index in [4.69, 9.17) is 9.72 Å². The SMILES string of the molecule is CC(C)(C)c1cc(-n2[c](=[Pt])n(-c3cccc(Oc4ccc5c(c4)N(c4cc(C(C)(C)C)ccn4)c4ccccc4-c4ccccc4N(c4ccccc4)c4ccccc4-5)c3)c3ccccc32)cc(C(C)(C)C)c1. The summed E-state index contributed by atoms with van der Waals surface area (Å²) in [5, 5.41) is 0. The van der Waals surface area contributed by atoms with Crippen LogP contribution in [0.3, 0.4) is 0 Å². The fraction of sp³-hybridized carbons (Fsp3) is 0.182. The van der Waals surface area contributed by atoms with Crippen molar-refractivity contribution >= 4 is 45.3 Å². The second-order valence-electron chi connectivity index (χ2n) is 22.2. The predicted octanol–water partition coefficient (Wildman–Crippen LogP) is 18.2. The molecular formula is C66H61N5OPt. The van der Waals surface area contributed by atoms with E-state index in [2.05, 4.69) is 301 Å². The van der Waals surface area contributed by atoms with Gasteiger partial charge in [-0.05, 0) is 41.3 Å². The number of hydrogen-bond acceptors (Lipinski definition) is 4. The topological polar surface area (TPSA) is 38.5 Å². The van der Waals surface area contributed by atoms with E-state index in [1.165, 1.54) is 16.7 Å². The van der Waals surface area contributed by atoms with E-state index in [1.54, 1.807) is 0 Å². The molecule has 1 aliphatic heterocycles. The zero-order valence-corrected chi connectivity index (χ0v) is 45.4. The van der Waals surface area contributed by atoms with E-state index in [1.807, 2.05) is 6.20 Å². The van der Waals surface area contributed by atoms with Crippen molar-refractivity contribution in [2.75, 3.05) is 9.80 Å². The Morgan fingerprint density at radius 1 is 0.370 bits per heavy atom. The third kappa shape index (κ3) is 8.97. The van der Waals surface area contributed by atoms with Gasteiger partial charge in [-0.25, -0.2) is 0 Å². The standard InChI is InChI=1S/C66H61N5O.Pt/c1-64(2,3)45-36-37-67-63(41-45)71-59-31-18-15-27-54(59)53-26-13-16-29-57(53)70(48-22-11-10-12-23-48)58-30-17-14-28-55(58)56-35-34-52(43-62(56)71)72-51-25-21-24-49(42-51)68-44-69(61-33-20-19-32-60(61)68)50-39-46(65(4,5)6)38-47(40-50)66(7,8)9;/h10-43H,1-9H3;. The number of benzene rings is 8. The summed E-state index contributed by atoms with van der Waals surface area (Å²) in [7, 11) is 0. The van der Waals surface area contributed by atoms with Gasteiger partial charge in [-0.2, -0.15) is 0 Å². The summed E-state index contributed by atoms with van der Waals surface area (Å²) in [6.45, 7) is 20.6. The zero-order valence-electron chi connectivity index (χ0n) is 43.1. The van der Waals surface area contributed by atoms with E-state index in [0.717, 1.165) is 88.5 Å². The molecule has 0 unspecified atom stereocenters. The van der Waals surface area contributed by atoms with Crippen LogP contribution in [0, 0.1) is 3.80 Å². The van der Waals surface area contributed by atoms with Gasteiger partial charge in [-0.15, -0.1) is 0 Å². The first-order valence-corrected chi connectivity index (χ1v) is 26.3. The molecule has 0 saturated carbocycles. The van der Waals surface area contributed by atoms with Gasteiger partial charge in [0, 0.05) is 17.4 Å². The molecule has 8 aromatic carbocycles. The van der Waals surface area contributed by atoms with Crippen molar-refractivity contribution in [3.8, 4) is 45.1 Å². The van der Waals surface area contributed by atoms with Crippen molar-refractivity contribution in [3.05, 3.63) is 227 Å².